The van der Waals surface area contributed by atoms with Crippen molar-refractivity contribution in [1.82, 2.24) is 4.90 Å². The lowest BCUT2D eigenvalue weighted by atomic mass is 9.92. The number of nitrogens with zero attached hydrogens (tertiary/aromatic N) is 1. The number of hydrogen-bond donors (Lipinski definition) is 1. The molecular formula is C15H21FN2S. The first-order chi connectivity index (χ1) is 9.09. The maximum Gasteiger partial charge on any atom is 0.123 e. The van der Waals surface area contributed by atoms with Crippen molar-refractivity contribution in [2.24, 2.45) is 5.73 Å². The predicted octanol–water partition coefficient (Wildman–Crippen LogP) is 3.42. The van der Waals surface area contributed by atoms with Crippen LogP contribution in [0.3, 0.4) is 0 Å². The standard InChI is InChI=1S/C15H21FN2S/c1-18(13-8-3-2-4-9-13)14(15(17)19)11-6-5-7-12(16)10-11/h5-7,10,13-14H,2-4,8-9H2,1H3,(H2,17,19). The van der Waals surface area contributed by atoms with E-state index in [1.165, 1.54) is 44.2 Å². The molecule has 1 aromatic carbocycles. The molecule has 0 aliphatic heterocycles. The number of benzene rings is 1. The predicted molar refractivity (Wildman–Crippen MR) is 80.6 cm³/mol. The normalized spacial score (nSPS) is 18.5. The minimum atomic E-state index is -0.240. The van der Waals surface area contributed by atoms with Crippen LogP contribution in [0.2, 0.25) is 0 Å². The van der Waals surface area contributed by atoms with Crippen LogP contribution in [0.15, 0.2) is 24.3 Å². The Kier molecular flexibility index (Phi) is 4.88. The minimum Gasteiger partial charge on any atom is -0.392 e. The van der Waals surface area contributed by atoms with Crippen LogP contribution in [-0.2, 0) is 0 Å². The van der Waals surface area contributed by atoms with Gasteiger partial charge in [0.15, 0.2) is 0 Å². The second-order valence-corrected chi connectivity index (χ2v) is 5.79. The number of rotatable bonds is 4. The molecule has 0 amide bonds. The smallest absolute Gasteiger partial charge is 0.123 e. The lowest BCUT2D eigenvalue weighted by Gasteiger charge is -2.37. The number of hydrogen-bond acceptors (Lipinski definition) is 2. The summed E-state index contributed by atoms with van der Waals surface area (Å²) in [6.45, 7) is 0. The molecule has 0 aromatic heterocycles. The lowest BCUT2D eigenvalue weighted by molar-refractivity contribution is 0.170. The third-order valence-electron chi connectivity index (χ3n) is 3.99. The fourth-order valence-electron chi connectivity index (χ4n) is 2.98. The van der Waals surface area contributed by atoms with Crippen molar-refractivity contribution in [1.29, 1.82) is 0 Å². The van der Waals surface area contributed by atoms with Gasteiger partial charge in [0.25, 0.3) is 0 Å². The van der Waals surface area contributed by atoms with Crippen LogP contribution in [0, 0.1) is 5.82 Å². The highest BCUT2D eigenvalue weighted by Crippen LogP contribution is 2.29. The SMILES string of the molecule is CN(C1CCCCC1)C(C(N)=S)c1cccc(F)c1. The lowest BCUT2D eigenvalue weighted by Crippen LogP contribution is -2.41. The topological polar surface area (TPSA) is 29.3 Å². The van der Waals surface area contributed by atoms with E-state index in [2.05, 4.69) is 4.90 Å². The zero-order valence-corrected chi connectivity index (χ0v) is 12.1. The van der Waals surface area contributed by atoms with Crippen LogP contribution in [0.5, 0.6) is 0 Å². The first-order valence-electron chi connectivity index (χ1n) is 6.86. The monoisotopic (exact) mass is 280 g/mol. The summed E-state index contributed by atoms with van der Waals surface area (Å²) < 4.78 is 13.4. The van der Waals surface area contributed by atoms with Gasteiger partial charge < -0.3 is 5.73 Å². The molecule has 1 atom stereocenters. The highest BCUT2D eigenvalue weighted by atomic mass is 32.1. The fraction of sp³-hybridized carbons (Fsp3) is 0.533. The average molecular weight is 280 g/mol. The molecule has 1 unspecified atom stereocenters. The third-order valence-corrected chi connectivity index (χ3v) is 4.22. The van der Waals surface area contributed by atoms with Gasteiger partial charge in [0.05, 0.1) is 11.0 Å². The van der Waals surface area contributed by atoms with Gasteiger partial charge >= 0.3 is 0 Å². The summed E-state index contributed by atoms with van der Waals surface area (Å²) in [4.78, 5) is 2.63. The van der Waals surface area contributed by atoms with Crippen LogP contribution in [0.25, 0.3) is 0 Å². The minimum absolute atomic E-state index is 0.172. The molecule has 1 aromatic rings. The van der Waals surface area contributed by atoms with E-state index in [1.54, 1.807) is 6.07 Å². The van der Waals surface area contributed by atoms with Gasteiger partial charge in [-0.2, -0.15) is 0 Å². The van der Waals surface area contributed by atoms with E-state index in [9.17, 15) is 4.39 Å². The summed E-state index contributed by atoms with van der Waals surface area (Å²) >= 11 is 5.20. The molecule has 0 saturated heterocycles. The Bertz CT molecular complexity index is 444. The third kappa shape index (κ3) is 3.51. The molecule has 2 rings (SSSR count). The molecule has 19 heavy (non-hydrogen) atoms. The molecule has 0 spiro atoms. The van der Waals surface area contributed by atoms with E-state index in [4.69, 9.17) is 18.0 Å². The van der Waals surface area contributed by atoms with Gasteiger partial charge in [-0.1, -0.05) is 43.6 Å². The van der Waals surface area contributed by atoms with Gasteiger partial charge in [-0.15, -0.1) is 0 Å². The Labute approximate surface area is 119 Å². The highest BCUT2D eigenvalue weighted by Gasteiger charge is 2.27. The van der Waals surface area contributed by atoms with E-state index in [-0.39, 0.29) is 11.9 Å². The first-order valence-corrected chi connectivity index (χ1v) is 7.27. The van der Waals surface area contributed by atoms with Gasteiger partial charge in [0, 0.05) is 6.04 Å². The summed E-state index contributed by atoms with van der Waals surface area (Å²) in [6.07, 6.45) is 6.16. The van der Waals surface area contributed by atoms with Crippen LogP contribution in [-0.4, -0.2) is 23.0 Å². The molecule has 0 bridgehead atoms. The first kappa shape index (κ1) is 14.4. The second-order valence-electron chi connectivity index (χ2n) is 5.32. The summed E-state index contributed by atoms with van der Waals surface area (Å²) in [5.41, 5.74) is 6.74. The maximum absolute atomic E-state index is 13.4. The Balaban J connectivity index is 2.21. The van der Waals surface area contributed by atoms with Crippen molar-refractivity contribution in [3.8, 4) is 0 Å². The van der Waals surface area contributed by atoms with Gasteiger partial charge in [-0.25, -0.2) is 4.39 Å². The van der Waals surface area contributed by atoms with Crippen LogP contribution >= 0.6 is 12.2 Å². The Morgan fingerprint density at radius 2 is 2.05 bits per heavy atom. The van der Waals surface area contributed by atoms with Crippen LogP contribution in [0.4, 0.5) is 4.39 Å². The van der Waals surface area contributed by atoms with Gasteiger partial charge in [0.2, 0.25) is 0 Å². The molecule has 0 heterocycles. The van der Waals surface area contributed by atoms with Crippen molar-refractivity contribution < 1.29 is 4.39 Å². The van der Waals surface area contributed by atoms with E-state index in [0.717, 1.165) is 5.56 Å². The summed E-state index contributed by atoms with van der Waals surface area (Å²) in [5.74, 6) is -0.240. The summed E-state index contributed by atoms with van der Waals surface area (Å²) in [7, 11) is 2.05. The number of nitrogens with two attached hydrogens (primary N) is 1. The van der Waals surface area contributed by atoms with E-state index in [0.29, 0.717) is 11.0 Å². The highest BCUT2D eigenvalue weighted by molar-refractivity contribution is 7.80. The number of thiocarbonyl (C=S) groups is 1. The fourth-order valence-corrected chi connectivity index (χ4v) is 3.28. The van der Waals surface area contributed by atoms with Gasteiger partial charge in [-0.3, -0.25) is 4.90 Å². The molecule has 1 saturated carbocycles. The zero-order valence-electron chi connectivity index (χ0n) is 11.3. The van der Waals surface area contributed by atoms with E-state index < -0.39 is 0 Å². The summed E-state index contributed by atoms with van der Waals surface area (Å²) in [5, 5.41) is 0. The average Bonchev–Trinajstić information content (AvgIpc) is 2.39. The quantitative estimate of drug-likeness (QED) is 0.857. The molecule has 1 fully saturated rings. The van der Waals surface area contributed by atoms with Crippen molar-refractivity contribution >= 4 is 17.2 Å². The van der Waals surface area contributed by atoms with E-state index >= 15 is 0 Å². The second kappa shape index (κ2) is 6.44. The molecular weight excluding hydrogens is 259 g/mol. The molecule has 2 nitrogen and oxygen atoms in total. The molecule has 4 heteroatoms. The molecule has 0 radical (unpaired) electrons. The largest absolute Gasteiger partial charge is 0.392 e. The number of likely N-dealkylation sites (N-methyl/N-ethyl adjacent to an activating group) is 1. The van der Waals surface area contributed by atoms with Crippen LogP contribution < -0.4 is 5.73 Å². The van der Waals surface area contributed by atoms with Crippen molar-refractivity contribution in [2.75, 3.05) is 7.05 Å². The zero-order chi connectivity index (χ0) is 13.8. The van der Waals surface area contributed by atoms with Gasteiger partial charge in [-0.05, 0) is 37.6 Å². The maximum atomic E-state index is 13.4. The summed E-state index contributed by atoms with van der Waals surface area (Å²) in [6, 6.07) is 6.90. The van der Waals surface area contributed by atoms with Crippen molar-refractivity contribution in [2.45, 2.75) is 44.2 Å². The van der Waals surface area contributed by atoms with Crippen molar-refractivity contribution in [3.63, 3.8) is 0 Å². The molecule has 104 valence electrons. The van der Waals surface area contributed by atoms with Crippen LogP contribution in [0.1, 0.15) is 43.7 Å². The molecule has 1 aliphatic rings. The Morgan fingerprint density at radius 3 is 2.63 bits per heavy atom. The Hall–Kier alpha value is -1.00. The van der Waals surface area contributed by atoms with Gasteiger partial charge in [0.1, 0.15) is 5.82 Å². The molecule has 1 aliphatic carbocycles. The number of halogens is 1. The molecule has 2 N–H and O–H groups in total. The Morgan fingerprint density at radius 1 is 1.37 bits per heavy atom. The van der Waals surface area contributed by atoms with E-state index in [1.807, 2.05) is 13.1 Å². The van der Waals surface area contributed by atoms with Crippen molar-refractivity contribution in [3.05, 3.63) is 35.6 Å².